The molecule has 0 amide bonds. The molecule has 0 aliphatic rings. The van der Waals surface area contributed by atoms with Crippen molar-refractivity contribution in [2.45, 2.75) is 20.8 Å². The molecule has 0 fully saturated rings. The Kier molecular flexibility index (Phi) is 3.22. The second kappa shape index (κ2) is 5.05. The topological polar surface area (TPSA) is 64.9 Å². The van der Waals surface area contributed by atoms with E-state index in [0.29, 0.717) is 17.4 Å². The largest absolute Gasteiger partial charge is 0.398 e. The number of rotatable bonds is 2. The summed E-state index contributed by atoms with van der Waals surface area (Å²) >= 11 is 0. The lowest BCUT2D eigenvalue weighted by Gasteiger charge is -2.06. The molecule has 0 bridgehead atoms. The molecule has 0 spiro atoms. The van der Waals surface area contributed by atoms with Crippen LogP contribution in [0.5, 0.6) is 0 Å². The van der Waals surface area contributed by atoms with Gasteiger partial charge in [0.25, 0.3) is 5.89 Å². The summed E-state index contributed by atoms with van der Waals surface area (Å²) in [5.41, 5.74) is 11.8. The summed E-state index contributed by atoms with van der Waals surface area (Å²) in [5, 5.41) is 4.05. The van der Waals surface area contributed by atoms with Gasteiger partial charge in [-0.15, -0.1) is 0 Å². The SMILES string of the molecule is Cc1ccc(-c2noc(-c3cc(C)cc(C)c3N)n2)cc1. The third-order valence-electron chi connectivity index (χ3n) is 3.50. The van der Waals surface area contributed by atoms with Crippen LogP contribution in [0.25, 0.3) is 22.8 Å². The molecule has 3 rings (SSSR count). The highest BCUT2D eigenvalue weighted by Crippen LogP contribution is 2.30. The molecule has 1 aromatic heterocycles. The quantitative estimate of drug-likeness (QED) is 0.722. The van der Waals surface area contributed by atoms with Crippen LogP contribution in [0.4, 0.5) is 5.69 Å². The number of aromatic nitrogens is 2. The summed E-state index contributed by atoms with van der Waals surface area (Å²) < 4.78 is 5.39. The summed E-state index contributed by atoms with van der Waals surface area (Å²) in [6.07, 6.45) is 0. The van der Waals surface area contributed by atoms with Crippen molar-refractivity contribution in [2.24, 2.45) is 0 Å². The number of aryl methyl sites for hydroxylation is 3. The molecule has 21 heavy (non-hydrogen) atoms. The van der Waals surface area contributed by atoms with E-state index in [4.69, 9.17) is 10.3 Å². The van der Waals surface area contributed by atoms with E-state index in [1.807, 2.05) is 57.2 Å². The van der Waals surface area contributed by atoms with Gasteiger partial charge in [-0.05, 0) is 38.0 Å². The average molecular weight is 279 g/mol. The highest BCUT2D eigenvalue weighted by molar-refractivity contribution is 5.75. The lowest BCUT2D eigenvalue weighted by atomic mass is 10.0. The number of nitrogen functional groups attached to an aromatic ring is 1. The Morgan fingerprint density at radius 1 is 0.952 bits per heavy atom. The van der Waals surface area contributed by atoms with Crippen LogP contribution in [0.15, 0.2) is 40.9 Å². The van der Waals surface area contributed by atoms with E-state index in [0.717, 1.165) is 22.3 Å². The van der Waals surface area contributed by atoms with Crippen molar-refractivity contribution in [3.8, 4) is 22.8 Å². The normalized spacial score (nSPS) is 10.8. The second-order valence-corrected chi connectivity index (χ2v) is 5.33. The Morgan fingerprint density at radius 2 is 1.67 bits per heavy atom. The zero-order valence-electron chi connectivity index (χ0n) is 12.3. The monoisotopic (exact) mass is 279 g/mol. The van der Waals surface area contributed by atoms with Gasteiger partial charge in [0.05, 0.1) is 5.56 Å². The van der Waals surface area contributed by atoms with Crippen molar-refractivity contribution in [1.82, 2.24) is 10.1 Å². The second-order valence-electron chi connectivity index (χ2n) is 5.33. The fourth-order valence-electron chi connectivity index (χ4n) is 2.31. The van der Waals surface area contributed by atoms with Crippen molar-refractivity contribution >= 4 is 5.69 Å². The maximum absolute atomic E-state index is 6.12. The van der Waals surface area contributed by atoms with E-state index in [2.05, 4.69) is 10.1 Å². The number of hydrogen-bond acceptors (Lipinski definition) is 4. The Hall–Kier alpha value is -2.62. The smallest absolute Gasteiger partial charge is 0.260 e. The highest BCUT2D eigenvalue weighted by atomic mass is 16.5. The predicted molar refractivity (Wildman–Crippen MR) is 83.8 cm³/mol. The molecule has 0 saturated heterocycles. The number of nitrogens with two attached hydrogens (primary N) is 1. The predicted octanol–water partition coefficient (Wildman–Crippen LogP) is 3.91. The van der Waals surface area contributed by atoms with Crippen LogP contribution in [0.3, 0.4) is 0 Å². The summed E-state index contributed by atoms with van der Waals surface area (Å²) in [4.78, 5) is 4.47. The van der Waals surface area contributed by atoms with Crippen LogP contribution in [0, 0.1) is 20.8 Å². The van der Waals surface area contributed by atoms with Gasteiger partial charge in [0, 0.05) is 11.3 Å². The minimum absolute atomic E-state index is 0.454. The first-order chi connectivity index (χ1) is 10.0. The number of hydrogen-bond donors (Lipinski definition) is 1. The first-order valence-electron chi connectivity index (χ1n) is 6.82. The minimum Gasteiger partial charge on any atom is -0.398 e. The summed E-state index contributed by atoms with van der Waals surface area (Å²) in [7, 11) is 0. The van der Waals surface area contributed by atoms with Gasteiger partial charge in [0.15, 0.2) is 0 Å². The Morgan fingerprint density at radius 3 is 2.38 bits per heavy atom. The lowest BCUT2D eigenvalue weighted by molar-refractivity contribution is 0.432. The molecule has 4 nitrogen and oxygen atoms in total. The van der Waals surface area contributed by atoms with Crippen molar-refractivity contribution in [2.75, 3.05) is 5.73 Å². The number of nitrogens with zero attached hydrogens (tertiary/aromatic N) is 2. The first-order valence-corrected chi connectivity index (χ1v) is 6.82. The van der Waals surface area contributed by atoms with Crippen molar-refractivity contribution in [3.05, 3.63) is 53.1 Å². The molecule has 0 radical (unpaired) electrons. The van der Waals surface area contributed by atoms with Gasteiger partial charge in [0.2, 0.25) is 5.82 Å². The minimum atomic E-state index is 0.454. The van der Waals surface area contributed by atoms with E-state index in [1.54, 1.807) is 0 Å². The third kappa shape index (κ3) is 2.52. The van der Waals surface area contributed by atoms with Gasteiger partial charge in [-0.2, -0.15) is 4.98 Å². The van der Waals surface area contributed by atoms with Gasteiger partial charge in [0.1, 0.15) is 0 Å². The van der Waals surface area contributed by atoms with Crippen molar-refractivity contribution in [1.29, 1.82) is 0 Å². The molecular formula is C17H17N3O. The van der Waals surface area contributed by atoms with E-state index >= 15 is 0 Å². The maximum Gasteiger partial charge on any atom is 0.260 e. The fraction of sp³-hybridized carbons (Fsp3) is 0.176. The molecule has 0 aliphatic carbocycles. The number of benzene rings is 2. The molecule has 0 aliphatic heterocycles. The van der Waals surface area contributed by atoms with E-state index < -0.39 is 0 Å². The molecule has 0 saturated carbocycles. The van der Waals surface area contributed by atoms with Crippen LogP contribution >= 0.6 is 0 Å². The van der Waals surface area contributed by atoms with Crippen LogP contribution < -0.4 is 5.73 Å². The van der Waals surface area contributed by atoms with Gasteiger partial charge < -0.3 is 10.3 Å². The van der Waals surface area contributed by atoms with Crippen LogP contribution in [-0.2, 0) is 0 Å². The Labute approximate surface area is 123 Å². The van der Waals surface area contributed by atoms with Gasteiger partial charge in [-0.1, -0.05) is 41.1 Å². The fourth-order valence-corrected chi connectivity index (χ4v) is 2.31. The molecule has 0 unspecified atom stereocenters. The standard InChI is InChI=1S/C17H17N3O/c1-10-4-6-13(7-5-10)16-19-17(21-20-16)14-9-11(2)8-12(3)15(14)18/h4-9H,18H2,1-3H3. The molecular weight excluding hydrogens is 262 g/mol. The summed E-state index contributed by atoms with van der Waals surface area (Å²) in [6.45, 7) is 6.04. The highest BCUT2D eigenvalue weighted by Gasteiger charge is 2.14. The maximum atomic E-state index is 6.12. The van der Waals surface area contributed by atoms with E-state index in [1.165, 1.54) is 5.56 Å². The van der Waals surface area contributed by atoms with Crippen molar-refractivity contribution in [3.63, 3.8) is 0 Å². The summed E-state index contributed by atoms with van der Waals surface area (Å²) in [5.74, 6) is 1.03. The van der Waals surface area contributed by atoms with Gasteiger partial charge in [-0.3, -0.25) is 0 Å². The van der Waals surface area contributed by atoms with Gasteiger partial charge in [-0.25, -0.2) is 0 Å². The zero-order valence-corrected chi connectivity index (χ0v) is 12.3. The summed E-state index contributed by atoms with van der Waals surface area (Å²) in [6, 6.07) is 12.0. The van der Waals surface area contributed by atoms with Gasteiger partial charge >= 0.3 is 0 Å². The van der Waals surface area contributed by atoms with Crippen molar-refractivity contribution < 1.29 is 4.52 Å². The number of anilines is 1. The van der Waals surface area contributed by atoms with E-state index in [9.17, 15) is 0 Å². The third-order valence-corrected chi connectivity index (χ3v) is 3.50. The molecule has 1 heterocycles. The van der Waals surface area contributed by atoms with Crippen LogP contribution in [-0.4, -0.2) is 10.1 Å². The average Bonchev–Trinajstić information content (AvgIpc) is 2.93. The van der Waals surface area contributed by atoms with E-state index in [-0.39, 0.29) is 0 Å². The molecule has 2 aromatic carbocycles. The Balaban J connectivity index is 2.04. The Bertz CT molecular complexity index is 788. The first kappa shape index (κ1) is 13.4. The molecule has 0 atom stereocenters. The lowest BCUT2D eigenvalue weighted by Crippen LogP contribution is -1.95. The molecule has 2 N–H and O–H groups in total. The zero-order chi connectivity index (χ0) is 15.0. The van der Waals surface area contributed by atoms with Crippen LogP contribution in [0.1, 0.15) is 16.7 Å². The van der Waals surface area contributed by atoms with Crippen LogP contribution in [0.2, 0.25) is 0 Å². The molecule has 4 heteroatoms. The molecule has 3 aromatic rings. The molecule has 106 valence electrons.